The van der Waals surface area contributed by atoms with Crippen LogP contribution in [-0.2, 0) is 4.79 Å². The van der Waals surface area contributed by atoms with E-state index in [1.165, 1.54) is 0 Å². The molecule has 0 fully saturated rings. The Labute approximate surface area is 65.6 Å². The van der Waals surface area contributed by atoms with Gasteiger partial charge in [0.1, 0.15) is 6.29 Å². The summed E-state index contributed by atoms with van der Waals surface area (Å²) < 4.78 is 0. The number of nitrogens with one attached hydrogen (secondary N) is 1. The second-order valence-corrected chi connectivity index (χ2v) is 2.46. The fourth-order valence-electron chi connectivity index (χ4n) is 0.859. The molecule has 0 aromatic heterocycles. The molecular weight excluding hydrogens is 146 g/mol. The van der Waals surface area contributed by atoms with Crippen LogP contribution in [0.1, 0.15) is 20.3 Å². The molecule has 64 valence electrons. The van der Waals surface area contributed by atoms with Crippen LogP contribution < -0.4 is 5.32 Å². The minimum Gasteiger partial charge on any atom is -0.465 e. The van der Waals surface area contributed by atoms with Crippen molar-refractivity contribution in [1.82, 2.24) is 5.32 Å². The number of amides is 1. The van der Waals surface area contributed by atoms with Gasteiger partial charge in [-0.15, -0.1) is 0 Å². The molecule has 2 N–H and O–H groups in total. The third-order valence-electron chi connectivity index (χ3n) is 1.60. The molecular formula is C7H13NO3. The van der Waals surface area contributed by atoms with Gasteiger partial charge < -0.3 is 15.2 Å². The van der Waals surface area contributed by atoms with Crippen molar-refractivity contribution >= 4 is 12.4 Å². The maximum Gasteiger partial charge on any atom is 0.404 e. The Kier molecular flexibility index (Phi) is 4.26. The second kappa shape index (κ2) is 4.71. The SMILES string of the molecule is CCC(NC(=O)O)C(C)C=O. The van der Waals surface area contributed by atoms with Crippen LogP contribution in [-0.4, -0.2) is 23.5 Å². The van der Waals surface area contributed by atoms with E-state index in [0.29, 0.717) is 6.42 Å². The van der Waals surface area contributed by atoms with Crippen LogP contribution in [0.3, 0.4) is 0 Å². The number of carbonyl (C=O) groups is 2. The Balaban J connectivity index is 3.93. The zero-order valence-corrected chi connectivity index (χ0v) is 6.70. The molecule has 0 aromatic carbocycles. The van der Waals surface area contributed by atoms with Crippen LogP contribution in [0, 0.1) is 5.92 Å². The molecule has 0 aliphatic carbocycles. The average Bonchev–Trinajstić information content (AvgIpc) is 1.98. The maximum absolute atomic E-state index is 10.3. The van der Waals surface area contributed by atoms with Gasteiger partial charge in [-0.1, -0.05) is 13.8 Å². The van der Waals surface area contributed by atoms with Gasteiger partial charge in [-0.25, -0.2) is 4.79 Å². The van der Waals surface area contributed by atoms with Gasteiger partial charge in [0.25, 0.3) is 0 Å². The first kappa shape index (κ1) is 9.94. The zero-order chi connectivity index (χ0) is 8.85. The number of hydrogen-bond donors (Lipinski definition) is 2. The zero-order valence-electron chi connectivity index (χ0n) is 6.70. The number of carbonyl (C=O) groups excluding carboxylic acids is 1. The summed E-state index contributed by atoms with van der Waals surface area (Å²) in [5, 5.41) is 10.6. The molecule has 0 bridgehead atoms. The van der Waals surface area contributed by atoms with E-state index in [2.05, 4.69) is 5.32 Å². The highest BCUT2D eigenvalue weighted by Gasteiger charge is 2.15. The van der Waals surface area contributed by atoms with Crippen molar-refractivity contribution in [2.45, 2.75) is 26.3 Å². The molecule has 0 saturated carbocycles. The summed E-state index contributed by atoms with van der Waals surface area (Å²) in [6.45, 7) is 3.53. The first-order valence-electron chi connectivity index (χ1n) is 3.56. The standard InChI is InChI=1S/C7H13NO3/c1-3-6(5(2)4-9)8-7(10)11/h4-6,8H,3H2,1-2H3,(H,10,11). The van der Waals surface area contributed by atoms with Crippen LogP contribution in [0.25, 0.3) is 0 Å². The molecule has 0 radical (unpaired) electrons. The number of hydrogen-bond acceptors (Lipinski definition) is 2. The van der Waals surface area contributed by atoms with Crippen molar-refractivity contribution in [3.63, 3.8) is 0 Å². The minimum atomic E-state index is -1.08. The van der Waals surface area contributed by atoms with Crippen LogP contribution in [0.4, 0.5) is 4.79 Å². The minimum absolute atomic E-state index is 0.254. The molecule has 0 spiro atoms. The van der Waals surface area contributed by atoms with Gasteiger partial charge in [-0.2, -0.15) is 0 Å². The number of carboxylic acid groups (broad SMARTS) is 1. The van der Waals surface area contributed by atoms with Gasteiger partial charge in [0.15, 0.2) is 0 Å². The van der Waals surface area contributed by atoms with Crippen LogP contribution in [0.15, 0.2) is 0 Å². The fraction of sp³-hybridized carbons (Fsp3) is 0.714. The fourth-order valence-corrected chi connectivity index (χ4v) is 0.859. The number of rotatable bonds is 4. The highest BCUT2D eigenvalue weighted by molar-refractivity contribution is 5.66. The molecule has 2 unspecified atom stereocenters. The average molecular weight is 159 g/mol. The first-order chi connectivity index (χ1) is 5.11. The van der Waals surface area contributed by atoms with E-state index in [1.807, 2.05) is 6.92 Å². The first-order valence-corrected chi connectivity index (χ1v) is 3.56. The molecule has 4 heteroatoms. The van der Waals surface area contributed by atoms with Gasteiger partial charge in [0.2, 0.25) is 0 Å². The lowest BCUT2D eigenvalue weighted by atomic mass is 10.0. The van der Waals surface area contributed by atoms with E-state index in [-0.39, 0.29) is 12.0 Å². The molecule has 0 aliphatic heterocycles. The third kappa shape index (κ3) is 3.60. The van der Waals surface area contributed by atoms with E-state index < -0.39 is 6.09 Å². The Morgan fingerprint density at radius 3 is 2.55 bits per heavy atom. The Hall–Kier alpha value is -1.06. The van der Waals surface area contributed by atoms with Crippen molar-refractivity contribution in [2.75, 3.05) is 0 Å². The van der Waals surface area contributed by atoms with Crippen LogP contribution in [0.2, 0.25) is 0 Å². The quantitative estimate of drug-likeness (QED) is 0.598. The third-order valence-corrected chi connectivity index (χ3v) is 1.60. The maximum atomic E-state index is 10.3. The van der Waals surface area contributed by atoms with Gasteiger partial charge in [0, 0.05) is 12.0 Å². The largest absolute Gasteiger partial charge is 0.465 e. The van der Waals surface area contributed by atoms with Crippen molar-refractivity contribution < 1.29 is 14.7 Å². The Bertz CT molecular complexity index is 147. The normalized spacial score (nSPS) is 15.1. The van der Waals surface area contributed by atoms with Crippen LogP contribution >= 0.6 is 0 Å². The lowest BCUT2D eigenvalue weighted by Gasteiger charge is -2.16. The van der Waals surface area contributed by atoms with Crippen molar-refractivity contribution in [3.05, 3.63) is 0 Å². The molecule has 0 saturated heterocycles. The smallest absolute Gasteiger partial charge is 0.404 e. The molecule has 4 nitrogen and oxygen atoms in total. The summed E-state index contributed by atoms with van der Waals surface area (Å²) in [7, 11) is 0. The van der Waals surface area contributed by atoms with Crippen molar-refractivity contribution in [1.29, 1.82) is 0 Å². The van der Waals surface area contributed by atoms with E-state index in [1.54, 1.807) is 6.92 Å². The van der Waals surface area contributed by atoms with Gasteiger partial charge in [-0.3, -0.25) is 0 Å². The second-order valence-electron chi connectivity index (χ2n) is 2.46. The van der Waals surface area contributed by atoms with Gasteiger partial charge >= 0.3 is 6.09 Å². The molecule has 0 aromatic rings. The summed E-state index contributed by atoms with van der Waals surface area (Å²) in [5.74, 6) is -0.254. The predicted octanol–water partition coefficient (Wildman–Crippen LogP) is 0.868. The van der Waals surface area contributed by atoms with Crippen LogP contribution in [0.5, 0.6) is 0 Å². The van der Waals surface area contributed by atoms with E-state index in [0.717, 1.165) is 6.29 Å². The summed E-state index contributed by atoms with van der Waals surface area (Å²) >= 11 is 0. The topological polar surface area (TPSA) is 66.4 Å². The lowest BCUT2D eigenvalue weighted by molar-refractivity contribution is -0.111. The molecule has 1 amide bonds. The molecule has 0 rings (SSSR count). The van der Waals surface area contributed by atoms with Crippen molar-refractivity contribution in [3.8, 4) is 0 Å². The Morgan fingerprint density at radius 1 is 1.73 bits per heavy atom. The van der Waals surface area contributed by atoms with Crippen molar-refractivity contribution in [2.24, 2.45) is 5.92 Å². The Morgan fingerprint density at radius 2 is 2.27 bits per heavy atom. The molecule has 0 heterocycles. The molecule has 11 heavy (non-hydrogen) atoms. The highest BCUT2D eigenvalue weighted by Crippen LogP contribution is 2.02. The highest BCUT2D eigenvalue weighted by atomic mass is 16.4. The predicted molar refractivity (Wildman–Crippen MR) is 40.5 cm³/mol. The summed E-state index contributed by atoms with van der Waals surface area (Å²) in [6, 6.07) is -0.259. The lowest BCUT2D eigenvalue weighted by Crippen LogP contribution is -2.38. The van der Waals surface area contributed by atoms with E-state index in [4.69, 9.17) is 5.11 Å². The molecule has 2 atom stereocenters. The number of aldehydes is 1. The summed E-state index contributed by atoms with van der Waals surface area (Å²) in [4.78, 5) is 20.4. The molecule has 0 aliphatic rings. The summed E-state index contributed by atoms with van der Waals surface area (Å²) in [5.41, 5.74) is 0. The van der Waals surface area contributed by atoms with E-state index >= 15 is 0 Å². The summed E-state index contributed by atoms with van der Waals surface area (Å²) in [6.07, 6.45) is 0.307. The van der Waals surface area contributed by atoms with Gasteiger partial charge in [0.05, 0.1) is 0 Å². The van der Waals surface area contributed by atoms with E-state index in [9.17, 15) is 9.59 Å². The monoisotopic (exact) mass is 159 g/mol. The van der Waals surface area contributed by atoms with Gasteiger partial charge in [-0.05, 0) is 6.42 Å².